The lowest BCUT2D eigenvalue weighted by Gasteiger charge is -1.92. The second-order valence-electron chi connectivity index (χ2n) is 1.82. The molecule has 0 aromatic heterocycles. The van der Waals surface area contributed by atoms with Crippen LogP contribution in [0.25, 0.3) is 0 Å². The van der Waals surface area contributed by atoms with Gasteiger partial charge in [-0.2, -0.15) is 0 Å². The van der Waals surface area contributed by atoms with Crippen molar-refractivity contribution in [3.8, 4) is 0 Å². The fourth-order valence-electron chi connectivity index (χ4n) is 0.434. The fourth-order valence-corrected chi connectivity index (χ4v) is 0.600. The lowest BCUT2D eigenvalue weighted by atomic mass is 10.3. The van der Waals surface area contributed by atoms with Gasteiger partial charge in [0.1, 0.15) is 0 Å². The van der Waals surface area contributed by atoms with Gasteiger partial charge in [0.2, 0.25) is 0 Å². The minimum Gasteiger partial charge on any atom is -0.314 e. The van der Waals surface area contributed by atoms with Crippen molar-refractivity contribution < 1.29 is 4.18 Å². The highest BCUT2D eigenvalue weighted by Gasteiger charge is 1.82. The first kappa shape index (κ1) is 9.53. The van der Waals surface area contributed by atoms with E-state index in [0.29, 0.717) is 6.61 Å². The molecule has 0 unspecified atom stereocenters. The Hall–Kier alpha value is -0.470. The molecule has 0 rings (SSSR count). The number of hydrogen-bond donors (Lipinski definition) is 1. The van der Waals surface area contributed by atoms with Gasteiger partial charge in [0.05, 0.1) is 6.61 Å². The first-order chi connectivity index (χ1) is 4.81. The average Bonchev–Trinajstić information content (AvgIpc) is 1.89. The summed E-state index contributed by atoms with van der Waals surface area (Å²) >= 11 is 3.59. The molecule has 0 aliphatic carbocycles. The largest absolute Gasteiger partial charge is 0.314 e. The molecule has 0 N–H and O–H groups in total. The standard InChI is InChI=1S/C8H12OS/c1-3-4-5-6-8(2)7-9-10/h3-6,10H,2,7H2,1H3/b4-3-,6-5-. The third-order valence-electron chi connectivity index (χ3n) is 0.885. The Kier molecular flexibility index (Phi) is 6.33. The summed E-state index contributed by atoms with van der Waals surface area (Å²) < 4.78 is 4.55. The molecule has 0 aromatic rings. The topological polar surface area (TPSA) is 9.23 Å². The molecule has 0 heterocycles. The molecule has 0 aliphatic heterocycles. The molecule has 0 amide bonds. The molecular formula is C8H12OS. The molecule has 0 fully saturated rings. The summed E-state index contributed by atoms with van der Waals surface area (Å²) in [4.78, 5) is 0. The molecular weight excluding hydrogens is 144 g/mol. The summed E-state index contributed by atoms with van der Waals surface area (Å²) in [5.41, 5.74) is 0.910. The number of allylic oxidation sites excluding steroid dienone is 3. The number of thiol groups is 1. The van der Waals surface area contributed by atoms with Crippen molar-refractivity contribution in [2.24, 2.45) is 0 Å². The van der Waals surface area contributed by atoms with E-state index in [1.54, 1.807) is 0 Å². The van der Waals surface area contributed by atoms with Crippen LogP contribution in [-0.4, -0.2) is 6.61 Å². The van der Waals surface area contributed by atoms with Crippen molar-refractivity contribution in [1.82, 2.24) is 0 Å². The molecule has 56 valence electrons. The predicted molar refractivity (Wildman–Crippen MR) is 48.0 cm³/mol. The fraction of sp³-hybridized carbons (Fsp3) is 0.250. The van der Waals surface area contributed by atoms with E-state index in [2.05, 4.69) is 23.7 Å². The molecule has 0 atom stereocenters. The van der Waals surface area contributed by atoms with Crippen LogP contribution in [0, 0.1) is 0 Å². The van der Waals surface area contributed by atoms with Crippen LogP contribution < -0.4 is 0 Å². The molecule has 2 heteroatoms. The Balaban J connectivity index is 3.56. The van der Waals surface area contributed by atoms with Crippen molar-refractivity contribution >= 4 is 12.9 Å². The molecule has 10 heavy (non-hydrogen) atoms. The van der Waals surface area contributed by atoms with Crippen LogP contribution in [0.3, 0.4) is 0 Å². The van der Waals surface area contributed by atoms with Gasteiger partial charge >= 0.3 is 0 Å². The number of hydrogen-bond acceptors (Lipinski definition) is 2. The average molecular weight is 156 g/mol. The lowest BCUT2D eigenvalue weighted by molar-refractivity contribution is 0.429. The predicted octanol–water partition coefficient (Wildman–Crippen LogP) is 2.54. The Morgan fingerprint density at radius 1 is 1.60 bits per heavy atom. The third-order valence-corrected chi connectivity index (χ3v) is 1.01. The molecule has 0 saturated carbocycles. The Morgan fingerprint density at radius 3 is 2.80 bits per heavy atom. The summed E-state index contributed by atoms with van der Waals surface area (Å²) in [7, 11) is 0. The zero-order valence-electron chi connectivity index (χ0n) is 6.08. The summed E-state index contributed by atoms with van der Waals surface area (Å²) in [6.45, 7) is 6.15. The Bertz CT molecular complexity index is 147. The molecule has 1 nitrogen and oxygen atoms in total. The van der Waals surface area contributed by atoms with E-state index in [-0.39, 0.29) is 0 Å². The van der Waals surface area contributed by atoms with Gasteiger partial charge in [-0.3, -0.25) is 0 Å². The number of rotatable bonds is 4. The van der Waals surface area contributed by atoms with Crippen LogP contribution in [0.15, 0.2) is 36.5 Å². The van der Waals surface area contributed by atoms with Gasteiger partial charge in [-0.15, -0.1) is 0 Å². The van der Waals surface area contributed by atoms with Crippen molar-refractivity contribution in [2.45, 2.75) is 6.92 Å². The van der Waals surface area contributed by atoms with E-state index in [0.717, 1.165) is 5.57 Å². The van der Waals surface area contributed by atoms with E-state index in [1.807, 2.05) is 31.2 Å². The highest BCUT2D eigenvalue weighted by Crippen LogP contribution is 1.95. The van der Waals surface area contributed by atoms with Crippen molar-refractivity contribution in [2.75, 3.05) is 6.61 Å². The second kappa shape index (κ2) is 6.65. The SMILES string of the molecule is C=C(/C=C\C=C/C)COS. The van der Waals surface area contributed by atoms with Crippen molar-refractivity contribution in [3.05, 3.63) is 36.5 Å². The zero-order valence-corrected chi connectivity index (χ0v) is 6.97. The van der Waals surface area contributed by atoms with Crippen LogP contribution in [0.4, 0.5) is 0 Å². The van der Waals surface area contributed by atoms with Crippen molar-refractivity contribution in [3.63, 3.8) is 0 Å². The van der Waals surface area contributed by atoms with Gasteiger partial charge in [0.25, 0.3) is 0 Å². The van der Waals surface area contributed by atoms with Crippen LogP contribution >= 0.6 is 12.9 Å². The van der Waals surface area contributed by atoms with E-state index >= 15 is 0 Å². The smallest absolute Gasteiger partial charge is 0.0855 e. The van der Waals surface area contributed by atoms with Gasteiger partial charge in [-0.25, -0.2) is 0 Å². The first-order valence-corrected chi connectivity index (χ1v) is 3.41. The summed E-state index contributed by atoms with van der Waals surface area (Å²) in [6.07, 6.45) is 7.68. The van der Waals surface area contributed by atoms with E-state index < -0.39 is 0 Å². The Morgan fingerprint density at radius 2 is 2.30 bits per heavy atom. The van der Waals surface area contributed by atoms with Crippen molar-refractivity contribution in [1.29, 1.82) is 0 Å². The highest BCUT2D eigenvalue weighted by atomic mass is 32.1. The van der Waals surface area contributed by atoms with Crippen LogP contribution in [0.1, 0.15) is 6.92 Å². The maximum atomic E-state index is 4.55. The van der Waals surface area contributed by atoms with Crippen LogP contribution in [0.2, 0.25) is 0 Å². The van der Waals surface area contributed by atoms with Gasteiger partial charge in [0, 0.05) is 0 Å². The second-order valence-corrected chi connectivity index (χ2v) is 2.07. The minimum absolute atomic E-state index is 0.469. The van der Waals surface area contributed by atoms with Gasteiger partial charge in [-0.1, -0.05) is 30.9 Å². The monoisotopic (exact) mass is 156 g/mol. The molecule has 0 spiro atoms. The summed E-state index contributed by atoms with van der Waals surface area (Å²) in [5, 5.41) is 0. The van der Waals surface area contributed by atoms with E-state index in [1.165, 1.54) is 0 Å². The van der Waals surface area contributed by atoms with E-state index in [9.17, 15) is 0 Å². The quantitative estimate of drug-likeness (QED) is 0.374. The zero-order chi connectivity index (χ0) is 7.82. The minimum atomic E-state index is 0.469. The maximum Gasteiger partial charge on any atom is 0.0855 e. The molecule has 0 radical (unpaired) electrons. The first-order valence-electron chi connectivity index (χ1n) is 3.04. The third kappa shape index (κ3) is 5.66. The summed E-state index contributed by atoms with van der Waals surface area (Å²) in [6, 6.07) is 0. The van der Waals surface area contributed by atoms with Crippen LogP contribution in [-0.2, 0) is 4.18 Å². The maximum absolute atomic E-state index is 4.55. The summed E-state index contributed by atoms with van der Waals surface area (Å²) in [5.74, 6) is 0. The molecule has 0 bridgehead atoms. The molecule has 0 saturated heterocycles. The lowest BCUT2D eigenvalue weighted by Crippen LogP contribution is -1.83. The molecule has 0 aliphatic rings. The van der Waals surface area contributed by atoms with Gasteiger partial charge in [0.15, 0.2) is 0 Å². The van der Waals surface area contributed by atoms with Gasteiger partial charge < -0.3 is 4.18 Å². The van der Waals surface area contributed by atoms with E-state index in [4.69, 9.17) is 0 Å². The normalized spacial score (nSPS) is 11.4. The Labute approximate surface area is 67.7 Å². The van der Waals surface area contributed by atoms with Crippen LogP contribution in [0.5, 0.6) is 0 Å². The molecule has 0 aromatic carbocycles. The highest BCUT2D eigenvalue weighted by molar-refractivity contribution is 7.75. The van der Waals surface area contributed by atoms with Gasteiger partial charge in [-0.05, 0) is 25.4 Å².